The molecule has 2 amide bonds. The maximum atomic E-state index is 14.0. The topological polar surface area (TPSA) is 101 Å². The van der Waals surface area contributed by atoms with Gasteiger partial charge in [-0.15, -0.1) is 13.2 Å². The molecule has 2 saturated heterocycles. The monoisotopic (exact) mass is 485 g/mol. The van der Waals surface area contributed by atoms with Gasteiger partial charge in [0.2, 0.25) is 5.91 Å². The fraction of sp³-hybridized carbons (Fsp3) is 0.524. The summed E-state index contributed by atoms with van der Waals surface area (Å²) in [6.07, 6.45) is -1.46. The van der Waals surface area contributed by atoms with Crippen LogP contribution in [0.2, 0.25) is 0 Å². The number of aromatic amines is 1. The van der Waals surface area contributed by atoms with Crippen LogP contribution >= 0.6 is 0 Å². The Kier molecular flexibility index (Phi) is 6.62. The number of nitrogens with one attached hydrogen (secondary N) is 1. The van der Waals surface area contributed by atoms with E-state index in [1.165, 1.54) is 4.90 Å². The number of aromatic nitrogens is 3. The molecule has 2 aromatic rings. The summed E-state index contributed by atoms with van der Waals surface area (Å²) >= 11 is 0. The minimum absolute atomic E-state index is 0.0589. The molecule has 1 aromatic heterocycles. The summed E-state index contributed by atoms with van der Waals surface area (Å²) in [5, 5.41) is 10.2. The summed E-state index contributed by atoms with van der Waals surface area (Å²) in [6, 6.07) is 2.62. The molecule has 0 saturated carbocycles. The van der Waals surface area contributed by atoms with Crippen LogP contribution in [0, 0.1) is 11.2 Å². The van der Waals surface area contributed by atoms with Crippen molar-refractivity contribution in [2.24, 2.45) is 5.41 Å². The van der Waals surface area contributed by atoms with E-state index >= 15 is 0 Å². The molecule has 9 nitrogen and oxygen atoms in total. The van der Waals surface area contributed by atoms with Crippen LogP contribution in [0.25, 0.3) is 0 Å². The first-order chi connectivity index (χ1) is 16.1. The van der Waals surface area contributed by atoms with Crippen molar-refractivity contribution in [3.8, 4) is 5.75 Å². The highest BCUT2D eigenvalue weighted by molar-refractivity contribution is 5.77. The fourth-order valence-corrected chi connectivity index (χ4v) is 4.29. The Bertz CT molecular complexity index is 1020. The number of ether oxygens (including phenoxy) is 2. The summed E-state index contributed by atoms with van der Waals surface area (Å²) in [5.41, 5.74) is 0.578. The van der Waals surface area contributed by atoms with Crippen LogP contribution in [0.5, 0.6) is 5.75 Å². The molecule has 0 radical (unpaired) electrons. The highest BCUT2D eigenvalue weighted by Gasteiger charge is 2.50. The second kappa shape index (κ2) is 9.47. The highest BCUT2D eigenvalue weighted by atomic mass is 19.4. The Hall–Kier alpha value is -3.38. The Morgan fingerprint density at radius 3 is 2.62 bits per heavy atom. The molecule has 184 valence electrons. The molecule has 2 aliphatic heterocycles. The standard InChI is InChI=1S/C21H23F4N5O4/c22-17-8-16(34-21(23,24)25)5-4-14(17)10-33-19(32)29-7-6-20(11-29)12-30(13-20)18(31)3-1-2-15-9-26-28-27-15/h4-5,8-9H,1-3,6-7,10-13H2,(H,26,27,28). The molecule has 0 bridgehead atoms. The number of hydrogen-bond donors (Lipinski definition) is 1. The third-order valence-electron chi connectivity index (χ3n) is 6.00. The van der Waals surface area contributed by atoms with Crippen molar-refractivity contribution in [3.63, 3.8) is 0 Å². The zero-order valence-electron chi connectivity index (χ0n) is 18.1. The first-order valence-corrected chi connectivity index (χ1v) is 10.7. The SMILES string of the molecule is O=C(CCCc1cn[nH]n1)N1CC2(CCN(C(=O)OCc3ccc(OC(F)(F)F)cc3F)C2)C1. The lowest BCUT2D eigenvalue weighted by Gasteiger charge is -2.48. The van der Waals surface area contributed by atoms with Crippen LogP contribution in [0.3, 0.4) is 0 Å². The molecule has 0 unspecified atom stereocenters. The van der Waals surface area contributed by atoms with Crippen molar-refractivity contribution >= 4 is 12.0 Å². The van der Waals surface area contributed by atoms with Gasteiger partial charge in [-0.25, -0.2) is 9.18 Å². The van der Waals surface area contributed by atoms with Gasteiger partial charge in [-0.3, -0.25) is 4.79 Å². The number of hydrogen-bond acceptors (Lipinski definition) is 6. The number of halogens is 4. The number of alkyl halides is 3. The number of benzene rings is 1. The molecule has 2 fully saturated rings. The van der Waals surface area contributed by atoms with Crippen LogP contribution in [0.4, 0.5) is 22.4 Å². The van der Waals surface area contributed by atoms with Crippen molar-refractivity contribution in [1.82, 2.24) is 25.2 Å². The Morgan fingerprint density at radius 2 is 1.94 bits per heavy atom. The first-order valence-electron chi connectivity index (χ1n) is 10.7. The number of aryl methyl sites for hydroxylation is 1. The fourth-order valence-electron chi connectivity index (χ4n) is 4.29. The van der Waals surface area contributed by atoms with Gasteiger partial charge < -0.3 is 19.3 Å². The van der Waals surface area contributed by atoms with Crippen LogP contribution in [0.1, 0.15) is 30.5 Å². The minimum Gasteiger partial charge on any atom is -0.444 e. The molecule has 13 heteroatoms. The van der Waals surface area contributed by atoms with Crippen molar-refractivity contribution in [2.45, 2.75) is 38.7 Å². The highest BCUT2D eigenvalue weighted by Crippen LogP contribution is 2.40. The lowest BCUT2D eigenvalue weighted by atomic mass is 9.79. The van der Waals surface area contributed by atoms with Gasteiger partial charge >= 0.3 is 12.5 Å². The summed E-state index contributed by atoms with van der Waals surface area (Å²) < 4.78 is 59.5. The number of likely N-dealkylation sites (tertiary alicyclic amines) is 2. The van der Waals surface area contributed by atoms with E-state index in [9.17, 15) is 27.2 Å². The Balaban J connectivity index is 1.19. The normalized spacial score (nSPS) is 17.1. The van der Waals surface area contributed by atoms with Gasteiger partial charge in [-0.1, -0.05) is 0 Å². The Morgan fingerprint density at radius 1 is 1.18 bits per heavy atom. The molecule has 0 atom stereocenters. The molecule has 1 N–H and O–H groups in total. The number of carbonyl (C=O) groups excluding carboxylic acids is 2. The average molecular weight is 485 g/mol. The van der Waals surface area contributed by atoms with Gasteiger partial charge in [-0.2, -0.15) is 15.4 Å². The van der Waals surface area contributed by atoms with Crippen LogP contribution < -0.4 is 4.74 Å². The number of H-pyrrole nitrogens is 1. The van der Waals surface area contributed by atoms with Gasteiger partial charge in [0.15, 0.2) is 0 Å². The molecular formula is C21H23F4N5O4. The van der Waals surface area contributed by atoms with Crippen molar-refractivity contribution < 1.29 is 36.6 Å². The van der Waals surface area contributed by atoms with E-state index in [0.29, 0.717) is 51.5 Å². The van der Waals surface area contributed by atoms with E-state index in [4.69, 9.17) is 4.74 Å². The Labute approximate surface area is 192 Å². The van der Waals surface area contributed by atoms with E-state index in [-0.39, 0.29) is 16.9 Å². The molecule has 1 aromatic carbocycles. The third-order valence-corrected chi connectivity index (χ3v) is 6.00. The maximum Gasteiger partial charge on any atom is 0.573 e. The van der Waals surface area contributed by atoms with Gasteiger partial charge in [0.25, 0.3) is 0 Å². The number of carbonyl (C=O) groups is 2. The van der Waals surface area contributed by atoms with E-state index in [0.717, 1.165) is 24.2 Å². The van der Waals surface area contributed by atoms with Crippen LogP contribution in [-0.4, -0.2) is 69.8 Å². The number of rotatable bonds is 7. The second-order valence-electron chi connectivity index (χ2n) is 8.59. The van der Waals surface area contributed by atoms with Gasteiger partial charge in [0.1, 0.15) is 18.2 Å². The van der Waals surface area contributed by atoms with Crippen molar-refractivity contribution in [3.05, 3.63) is 41.5 Å². The predicted octanol–water partition coefficient (Wildman–Crippen LogP) is 3.04. The van der Waals surface area contributed by atoms with Gasteiger partial charge in [0, 0.05) is 49.6 Å². The molecule has 34 heavy (non-hydrogen) atoms. The molecule has 1 spiro atoms. The average Bonchev–Trinajstić information content (AvgIpc) is 3.41. The maximum absolute atomic E-state index is 14.0. The lowest BCUT2D eigenvalue weighted by Crippen LogP contribution is -2.59. The molecular weight excluding hydrogens is 462 g/mol. The summed E-state index contributed by atoms with van der Waals surface area (Å²) in [7, 11) is 0. The minimum atomic E-state index is -4.92. The molecule has 4 rings (SSSR count). The molecule has 3 heterocycles. The summed E-state index contributed by atoms with van der Waals surface area (Å²) in [6.45, 7) is 1.59. The quantitative estimate of drug-likeness (QED) is 0.606. The predicted molar refractivity (Wildman–Crippen MR) is 108 cm³/mol. The van der Waals surface area contributed by atoms with E-state index in [1.807, 2.05) is 0 Å². The van der Waals surface area contributed by atoms with Gasteiger partial charge in [0.05, 0.1) is 11.9 Å². The van der Waals surface area contributed by atoms with E-state index in [1.54, 1.807) is 11.1 Å². The smallest absolute Gasteiger partial charge is 0.444 e. The first kappa shape index (κ1) is 23.8. The molecule has 2 aliphatic rings. The van der Waals surface area contributed by atoms with E-state index < -0.39 is 30.6 Å². The van der Waals surface area contributed by atoms with Crippen LogP contribution in [-0.2, 0) is 22.6 Å². The summed E-state index contributed by atoms with van der Waals surface area (Å²) in [5.74, 6) is -1.60. The van der Waals surface area contributed by atoms with Gasteiger partial charge in [-0.05, 0) is 31.4 Å². The zero-order chi connectivity index (χ0) is 24.3. The number of nitrogens with zero attached hydrogens (tertiary/aromatic N) is 4. The van der Waals surface area contributed by atoms with Crippen LogP contribution in [0.15, 0.2) is 24.4 Å². The third kappa shape index (κ3) is 5.75. The lowest BCUT2D eigenvalue weighted by molar-refractivity contribution is -0.274. The largest absolute Gasteiger partial charge is 0.573 e. The van der Waals surface area contributed by atoms with E-state index in [2.05, 4.69) is 20.1 Å². The van der Waals surface area contributed by atoms with Crippen molar-refractivity contribution in [1.29, 1.82) is 0 Å². The molecule has 0 aliphatic carbocycles. The number of amides is 2. The zero-order valence-corrected chi connectivity index (χ0v) is 18.1. The summed E-state index contributed by atoms with van der Waals surface area (Å²) in [4.78, 5) is 28.0. The van der Waals surface area contributed by atoms with Crippen molar-refractivity contribution in [2.75, 3.05) is 26.2 Å². The second-order valence-corrected chi connectivity index (χ2v) is 8.59.